The van der Waals surface area contributed by atoms with Gasteiger partial charge in [-0.05, 0) is 23.5 Å². The molecule has 0 N–H and O–H groups in total. The molecule has 0 saturated carbocycles. The molecular formula is C19H21F3N2O3. The number of carbonyl (C=O) groups excluding carboxylic acids is 1. The highest BCUT2D eigenvalue weighted by Crippen LogP contribution is 2.30. The molecular weight excluding hydrogens is 361 g/mol. The number of rotatable bonds is 4. The van der Waals surface area contributed by atoms with E-state index in [9.17, 15) is 18.0 Å². The van der Waals surface area contributed by atoms with Gasteiger partial charge in [-0.25, -0.2) is 9.78 Å². The Morgan fingerprint density at radius 2 is 1.67 bits per heavy atom. The summed E-state index contributed by atoms with van der Waals surface area (Å²) in [5, 5.41) is 0. The second kappa shape index (κ2) is 7.54. The molecule has 1 aromatic heterocycles. The van der Waals surface area contributed by atoms with Gasteiger partial charge in [-0.1, -0.05) is 45.0 Å². The Labute approximate surface area is 155 Å². The maximum absolute atomic E-state index is 13.0. The lowest BCUT2D eigenvalue weighted by Crippen LogP contribution is -2.18. The minimum atomic E-state index is -4.82. The van der Waals surface area contributed by atoms with E-state index in [1.54, 1.807) is 0 Å². The summed E-state index contributed by atoms with van der Waals surface area (Å²) < 4.78 is 49.1. The average Bonchev–Trinajstić information content (AvgIpc) is 2.58. The molecule has 8 heteroatoms. The first-order chi connectivity index (χ1) is 12.4. The number of benzene rings is 1. The first-order valence-electron chi connectivity index (χ1n) is 8.20. The molecule has 0 spiro atoms. The molecule has 0 aliphatic heterocycles. The summed E-state index contributed by atoms with van der Waals surface area (Å²) in [6.45, 7) is 7.64. The molecule has 1 heterocycles. The molecule has 2 rings (SSSR count). The molecule has 0 aliphatic rings. The Morgan fingerprint density at radius 1 is 1.07 bits per heavy atom. The maximum Gasteiger partial charge on any atom is 0.451 e. The molecule has 0 amide bonds. The van der Waals surface area contributed by atoms with Crippen molar-refractivity contribution in [3.8, 4) is 5.88 Å². The van der Waals surface area contributed by atoms with Crippen molar-refractivity contribution < 1.29 is 27.4 Å². The van der Waals surface area contributed by atoms with Crippen molar-refractivity contribution in [1.29, 1.82) is 0 Å². The molecule has 0 radical (unpaired) electrons. The number of nitrogens with zero attached hydrogens (tertiary/aromatic N) is 2. The Kier molecular flexibility index (Phi) is 5.77. The lowest BCUT2D eigenvalue weighted by molar-refractivity contribution is -0.145. The molecule has 2 aromatic rings. The standard InChI is InChI=1S/C19H21F3N2O3/c1-11-14(16(25)26-5)23-17(19(20,21)22)24-15(11)27-10-12-6-8-13(9-7-12)18(2,3)4/h6-9H,10H2,1-5H3. The zero-order valence-electron chi connectivity index (χ0n) is 15.8. The summed E-state index contributed by atoms with van der Waals surface area (Å²) in [7, 11) is 1.06. The highest BCUT2D eigenvalue weighted by atomic mass is 19.4. The van der Waals surface area contributed by atoms with Crippen LogP contribution in [0.25, 0.3) is 0 Å². The first kappa shape index (κ1) is 20.7. The van der Waals surface area contributed by atoms with Crippen LogP contribution in [0.1, 0.15) is 53.8 Å². The number of hydrogen-bond donors (Lipinski definition) is 0. The van der Waals surface area contributed by atoms with Crippen LogP contribution < -0.4 is 4.74 Å². The summed E-state index contributed by atoms with van der Waals surface area (Å²) >= 11 is 0. The fourth-order valence-corrected chi connectivity index (χ4v) is 2.31. The van der Waals surface area contributed by atoms with Crippen molar-refractivity contribution in [3.63, 3.8) is 0 Å². The molecule has 1 aromatic carbocycles. The van der Waals surface area contributed by atoms with Gasteiger partial charge in [0.05, 0.1) is 7.11 Å². The van der Waals surface area contributed by atoms with Crippen LogP contribution in [0.4, 0.5) is 13.2 Å². The number of ether oxygens (including phenoxy) is 2. The maximum atomic E-state index is 13.0. The van der Waals surface area contributed by atoms with Gasteiger partial charge >= 0.3 is 12.1 Å². The summed E-state index contributed by atoms with van der Waals surface area (Å²) in [5.41, 5.74) is 1.48. The Balaban J connectivity index is 2.31. The molecule has 0 atom stereocenters. The largest absolute Gasteiger partial charge is 0.472 e. The zero-order valence-corrected chi connectivity index (χ0v) is 15.8. The zero-order chi connectivity index (χ0) is 20.4. The lowest BCUT2D eigenvalue weighted by Gasteiger charge is -2.19. The topological polar surface area (TPSA) is 61.3 Å². The van der Waals surface area contributed by atoms with E-state index in [2.05, 4.69) is 35.5 Å². The number of aromatic nitrogens is 2. The molecule has 0 unspecified atom stereocenters. The van der Waals surface area contributed by atoms with Crippen molar-refractivity contribution in [2.24, 2.45) is 0 Å². The predicted octanol–water partition coefficient (Wildman–Crippen LogP) is 4.47. The Hall–Kier alpha value is -2.64. The molecule has 0 fully saturated rings. The number of esters is 1. The fraction of sp³-hybridized carbons (Fsp3) is 0.421. The van der Waals surface area contributed by atoms with E-state index < -0.39 is 23.7 Å². The minimum Gasteiger partial charge on any atom is -0.472 e. The van der Waals surface area contributed by atoms with E-state index in [4.69, 9.17) is 4.74 Å². The van der Waals surface area contributed by atoms with Gasteiger partial charge in [0.15, 0.2) is 5.69 Å². The van der Waals surface area contributed by atoms with Gasteiger partial charge in [0, 0.05) is 5.56 Å². The van der Waals surface area contributed by atoms with Crippen molar-refractivity contribution in [3.05, 3.63) is 52.5 Å². The minimum absolute atomic E-state index is 0.000184. The number of methoxy groups -OCH3 is 1. The quantitative estimate of drug-likeness (QED) is 0.731. The van der Waals surface area contributed by atoms with Crippen LogP contribution >= 0.6 is 0 Å². The van der Waals surface area contributed by atoms with Crippen molar-refractivity contribution in [1.82, 2.24) is 9.97 Å². The van der Waals surface area contributed by atoms with Crippen molar-refractivity contribution >= 4 is 5.97 Å². The molecule has 0 bridgehead atoms. The van der Waals surface area contributed by atoms with Gasteiger partial charge in [0.2, 0.25) is 11.7 Å². The highest BCUT2D eigenvalue weighted by molar-refractivity contribution is 5.89. The Bertz CT molecular complexity index is 826. The third kappa shape index (κ3) is 4.96. The monoisotopic (exact) mass is 382 g/mol. The second-order valence-electron chi connectivity index (χ2n) is 7.05. The van der Waals surface area contributed by atoms with Crippen LogP contribution in [0.2, 0.25) is 0 Å². The molecule has 146 valence electrons. The first-order valence-corrected chi connectivity index (χ1v) is 8.20. The van der Waals surface area contributed by atoms with E-state index in [-0.39, 0.29) is 23.5 Å². The third-order valence-corrected chi connectivity index (χ3v) is 3.93. The molecule has 27 heavy (non-hydrogen) atoms. The van der Waals surface area contributed by atoms with Crippen molar-refractivity contribution in [2.45, 2.75) is 45.9 Å². The molecule has 0 aliphatic carbocycles. The Morgan fingerprint density at radius 3 is 2.15 bits per heavy atom. The van der Waals surface area contributed by atoms with Crippen LogP contribution in [-0.2, 0) is 22.9 Å². The summed E-state index contributed by atoms with van der Waals surface area (Å²) in [4.78, 5) is 18.4. The van der Waals surface area contributed by atoms with Gasteiger partial charge < -0.3 is 9.47 Å². The van der Waals surface area contributed by atoms with E-state index in [0.29, 0.717) is 0 Å². The molecule has 5 nitrogen and oxygen atoms in total. The normalized spacial score (nSPS) is 12.0. The van der Waals surface area contributed by atoms with Crippen LogP contribution in [0, 0.1) is 6.92 Å². The van der Waals surface area contributed by atoms with Crippen LogP contribution in [-0.4, -0.2) is 23.0 Å². The number of halogens is 3. The smallest absolute Gasteiger partial charge is 0.451 e. The second-order valence-corrected chi connectivity index (χ2v) is 7.05. The van der Waals surface area contributed by atoms with Crippen LogP contribution in [0.5, 0.6) is 5.88 Å². The van der Waals surface area contributed by atoms with Gasteiger partial charge in [-0.15, -0.1) is 0 Å². The molecule has 0 saturated heterocycles. The summed E-state index contributed by atoms with van der Waals surface area (Å²) in [5.74, 6) is -2.75. The average molecular weight is 382 g/mol. The van der Waals surface area contributed by atoms with E-state index in [0.717, 1.165) is 18.2 Å². The predicted molar refractivity (Wildman–Crippen MR) is 92.6 cm³/mol. The van der Waals surface area contributed by atoms with E-state index in [1.165, 1.54) is 6.92 Å². The third-order valence-electron chi connectivity index (χ3n) is 3.93. The van der Waals surface area contributed by atoms with Crippen LogP contribution in [0.3, 0.4) is 0 Å². The summed E-state index contributed by atoms with van der Waals surface area (Å²) in [6, 6.07) is 7.55. The fourth-order valence-electron chi connectivity index (χ4n) is 2.31. The highest BCUT2D eigenvalue weighted by Gasteiger charge is 2.37. The number of alkyl halides is 3. The van der Waals surface area contributed by atoms with Gasteiger partial charge in [0.1, 0.15) is 6.61 Å². The van der Waals surface area contributed by atoms with Gasteiger partial charge in [-0.2, -0.15) is 18.2 Å². The lowest BCUT2D eigenvalue weighted by atomic mass is 9.87. The number of carbonyl (C=O) groups is 1. The van der Waals surface area contributed by atoms with E-state index in [1.807, 2.05) is 24.3 Å². The van der Waals surface area contributed by atoms with Crippen LogP contribution in [0.15, 0.2) is 24.3 Å². The SMILES string of the molecule is COC(=O)c1nc(C(F)(F)F)nc(OCc2ccc(C(C)(C)C)cc2)c1C. The van der Waals surface area contributed by atoms with Gasteiger partial charge in [0.25, 0.3) is 0 Å². The summed E-state index contributed by atoms with van der Waals surface area (Å²) in [6.07, 6.45) is -4.82. The van der Waals surface area contributed by atoms with Crippen molar-refractivity contribution in [2.75, 3.05) is 7.11 Å². The van der Waals surface area contributed by atoms with Gasteiger partial charge in [-0.3, -0.25) is 0 Å². The number of hydrogen-bond acceptors (Lipinski definition) is 5. The van der Waals surface area contributed by atoms with E-state index >= 15 is 0 Å².